The molecular formula is C18H19F3N2O2. The molecule has 0 aromatic heterocycles. The maximum Gasteiger partial charge on any atom is 0.423 e. The molecule has 0 spiro atoms. The monoisotopic (exact) mass is 352 g/mol. The maximum absolute atomic E-state index is 13.4. The largest absolute Gasteiger partial charge is 0.423 e. The van der Waals surface area contributed by atoms with Crippen molar-refractivity contribution in [3.63, 3.8) is 0 Å². The Morgan fingerprint density at radius 3 is 1.88 bits per heavy atom. The second kappa shape index (κ2) is 6.85. The van der Waals surface area contributed by atoms with Gasteiger partial charge in [-0.1, -0.05) is 60.7 Å². The van der Waals surface area contributed by atoms with Crippen LogP contribution in [0.5, 0.6) is 0 Å². The fourth-order valence-electron chi connectivity index (χ4n) is 2.39. The Bertz CT molecular complexity index is 718. The Balaban J connectivity index is 2.23. The molecule has 0 heterocycles. The van der Waals surface area contributed by atoms with Crippen LogP contribution in [0.2, 0.25) is 0 Å². The van der Waals surface area contributed by atoms with E-state index in [4.69, 9.17) is 5.73 Å². The van der Waals surface area contributed by atoms with E-state index in [0.29, 0.717) is 5.56 Å². The first-order chi connectivity index (χ1) is 11.6. The Hall–Kier alpha value is -2.38. The van der Waals surface area contributed by atoms with Gasteiger partial charge in [0.05, 0.1) is 6.54 Å². The number of benzene rings is 2. The van der Waals surface area contributed by atoms with Crippen LogP contribution in [0.4, 0.5) is 13.2 Å². The lowest BCUT2D eigenvalue weighted by atomic mass is 9.90. The van der Waals surface area contributed by atoms with E-state index in [0.717, 1.165) is 12.1 Å². The van der Waals surface area contributed by atoms with Crippen molar-refractivity contribution in [2.45, 2.75) is 24.2 Å². The van der Waals surface area contributed by atoms with E-state index >= 15 is 0 Å². The molecule has 0 saturated carbocycles. The van der Waals surface area contributed by atoms with Gasteiger partial charge in [0.1, 0.15) is 5.54 Å². The van der Waals surface area contributed by atoms with Crippen molar-refractivity contribution < 1.29 is 23.1 Å². The number of rotatable bonds is 5. The van der Waals surface area contributed by atoms with Crippen LogP contribution in [0.25, 0.3) is 0 Å². The molecule has 2 aromatic rings. The van der Waals surface area contributed by atoms with Crippen LogP contribution in [-0.2, 0) is 15.9 Å². The molecule has 2 unspecified atom stereocenters. The van der Waals surface area contributed by atoms with Gasteiger partial charge in [0, 0.05) is 0 Å². The number of alkyl halides is 3. The molecule has 7 heteroatoms. The van der Waals surface area contributed by atoms with Crippen LogP contribution < -0.4 is 11.1 Å². The Kier molecular flexibility index (Phi) is 5.20. The SMILES string of the molecule is CC(N)(C(=O)NCC(O)(c1ccccc1)C(F)(F)F)c1ccccc1. The number of aliphatic hydroxyl groups is 1. The molecule has 0 aliphatic heterocycles. The highest BCUT2D eigenvalue weighted by Gasteiger charge is 2.55. The van der Waals surface area contributed by atoms with Gasteiger partial charge in [0.15, 0.2) is 0 Å². The summed E-state index contributed by atoms with van der Waals surface area (Å²) in [5.74, 6) is -0.822. The summed E-state index contributed by atoms with van der Waals surface area (Å²) in [5.41, 5.74) is 1.32. The topological polar surface area (TPSA) is 75.4 Å². The summed E-state index contributed by atoms with van der Waals surface area (Å²) in [6.45, 7) is 0.353. The molecule has 4 N–H and O–H groups in total. The zero-order chi connectivity index (χ0) is 18.7. The van der Waals surface area contributed by atoms with Crippen LogP contribution in [-0.4, -0.2) is 23.7 Å². The average molecular weight is 352 g/mol. The highest BCUT2D eigenvalue weighted by atomic mass is 19.4. The minimum atomic E-state index is -4.97. The molecule has 0 fully saturated rings. The standard InChI is InChI=1S/C18H19F3N2O2/c1-16(22,13-8-4-2-5-9-13)15(24)23-12-17(25,18(19,20)21)14-10-6-3-7-11-14/h2-11,25H,12,22H2,1H3,(H,23,24). The van der Waals surface area contributed by atoms with E-state index in [1.54, 1.807) is 30.3 Å². The van der Waals surface area contributed by atoms with Gasteiger partial charge in [-0.25, -0.2) is 0 Å². The van der Waals surface area contributed by atoms with Gasteiger partial charge < -0.3 is 16.2 Å². The lowest BCUT2D eigenvalue weighted by Gasteiger charge is -2.33. The van der Waals surface area contributed by atoms with Crippen molar-refractivity contribution in [2.24, 2.45) is 5.73 Å². The fraction of sp³-hybridized carbons (Fsp3) is 0.278. The van der Waals surface area contributed by atoms with Crippen molar-refractivity contribution in [1.82, 2.24) is 5.32 Å². The lowest BCUT2D eigenvalue weighted by molar-refractivity contribution is -0.264. The Morgan fingerprint density at radius 1 is 1.00 bits per heavy atom. The van der Waals surface area contributed by atoms with Crippen molar-refractivity contribution in [3.05, 3.63) is 71.8 Å². The summed E-state index contributed by atoms with van der Waals surface area (Å²) in [4.78, 5) is 12.4. The Labute approximate surface area is 143 Å². The van der Waals surface area contributed by atoms with E-state index in [9.17, 15) is 23.1 Å². The molecule has 0 aliphatic rings. The lowest BCUT2D eigenvalue weighted by Crippen LogP contribution is -2.56. The molecule has 0 radical (unpaired) electrons. The van der Waals surface area contributed by atoms with Gasteiger partial charge in [0.2, 0.25) is 11.5 Å². The van der Waals surface area contributed by atoms with Gasteiger partial charge in [0.25, 0.3) is 0 Å². The van der Waals surface area contributed by atoms with E-state index in [2.05, 4.69) is 5.32 Å². The smallest absolute Gasteiger partial charge is 0.375 e. The summed E-state index contributed by atoms with van der Waals surface area (Å²) in [5, 5.41) is 12.4. The van der Waals surface area contributed by atoms with Crippen LogP contribution in [0.1, 0.15) is 18.1 Å². The highest BCUT2D eigenvalue weighted by Crippen LogP contribution is 2.38. The number of hydrogen-bond donors (Lipinski definition) is 3. The summed E-state index contributed by atoms with van der Waals surface area (Å²) < 4.78 is 40.3. The molecule has 1 amide bonds. The third-order valence-electron chi connectivity index (χ3n) is 4.07. The van der Waals surface area contributed by atoms with Gasteiger partial charge in [-0.2, -0.15) is 13.2 Å². The second-order valence-corrected chi connectivity index (χ2v) is 5.98. The molecule has 2 atom stereocenters. The molecule has 25 heavy (non-hydrogen) atoms. The van der Waals surface area contributed by atoms with Crippen molar-refractivity contribution in [3.8, 4) is 0 Å². The summed E-state index contributed by atoms with van der Waals surface area (Å²) in [6, 6.07) is 14.9. The highest BCUT2D eigenvalue weighted by molar-refractivity contribution is 5.87. The minimum Gasteiger partial charge on any atom is -0.375 e. The number of nitrogens with one attached hydrogen (secondary N) is 1. The van der Waals surface area contributed by atoms with Crippen LogP contribution >= 0.6 is 0 Å². The fourth-order valence-corrected chi connectivity index (χ4v) is 2.39. The average Bonchev–Trinajstić information content (AvgIpc) is 2.59. The molecule has 4 nitrogen and oxygen atoms in total. The van der Waals surface area contributed by atoms with Gasteiger partial charge in [-0.15, -0.1) is 0 Å². The van der Waals surface area contributed by atoms with E-state index in [1.807, 2.05) is 0 Å². The zero-order valence-electron chi connectivity index (χ0n) is 13.5. The number of carbonyl (C=O) groups is 1. The third-order valence-corrected chi connectivity index (χ3v) is 4.07. The van der Waals surface area contributed by atoms with Crippen LogP contribution in [0.15, 0.2) is 60.7 Å². The first-order valence-electron chi connectivity index (χ1n) is 7.56. The number of hydrogen-bond acceptors (Lipinski definition) is 3. The van der Waals surface area contributed by atoms with Gasteiger partial charge in [-0.05, 0) is 18.1 Å². The molecule has 134 valence electrons. The van der Waals surface area contributed by atoms with Gasteiger partial charge in [-0.3, -0.25) is 4.79 Å². The normalized spacial score (nSPS) is 16.6. The number of nitrogens with two attached hydrogens (primary N) is 1. The maximum atomic E-state index is 13.4. The van der Waals surface area contributed by atoms with Crippen LogP contribution in [0, 0.1) is 0 Å². The summed E-state index contributed by atoms with van der Waals surface area (Å²) >= 11 is 0. The molecule has 2 rings (SSSR count). The van der Waals surface area contributed by atoms with E-state index in [1.165, 1.54) is 25.1 Å². The number of carbonyl (C=O) groups excluding carboxylic acids is 1. The second-order valence-electron chi connectivity index (χ2n) is 5.98. The molecule has 0 aliphatic carbocycles. The molecule has 0 saturated heterocycles. The van der Waals surface area contributed by atoms with Crippen molar-refractivity contribution >= 4 is 5.91 Å². The molecular weight excluding hydrogens is 333 g/mol. The first kappa shape index (κ1) is 19.0. The van der Waals surface area contributed by atoms with Crippen LogP contribution in [0.3, 0.4) is 0 Å². The quantitative estimate of drug-likeness (QED) is 0.774. The zero-order valence-corrected chi connectivity index (χ0v) is 13.5. The van der Waals surface area contributed by atoms with E-state index < -0.39 is 29.8 Å². The Morgan fingerprint density at radius 2 is 1.44 bits per heavy atom. The first-order valence-corrected chi connectivity index (χ1v) is 7.56. The van der Waals surface area contributed by atoms with E-state index in [-0.39, 0.29) is 5.56 Å². The molecule has 0 bridgehead atoms. The number of halogens is 3. The van der Waals surface area contributed by atoms with Gasteiger partial charge >= 0.3 is 6.18 Å². The predicted molar refractivity (Wildman–Crippen MR) is 87.4 cm³/mol. The minimum absolute atomic E-state index is 0.360. The summed E-state index contributed by atoms with van der Waals surface area (Å²) in [7, 11) is 0. The third kappa shape index (κ3) is 3.83. The van der Waals surface area contributed by atoms with Crippen molar-refractivity contribution in [2.75, 3.05) is 6.54 Å². The summed E-state index contributed by atoms with van der Waals surface area (Å²) in [6.07, 6.45) is -4.97. The number of amides is 1. The molecule has 2 aromatic carbocycles. The predicted octanol–water partition coefficient (Wildman–Crippen LogP) is 2.43. The van der Waals surface area contributed by atoms with Crippen molar-refractivity contribution in [1.29, 1.82) is 0 Å².